The lowest BCUT2D eigenvalue weighted by Gasteiger charge is -2.40. The molecule has 0 atom stereocenters. The first kappa shape index (κ1) is 19.4. The fraction of sp³-hybridized carbons (Fsp3) is 0.632. The van der Waals surface area contributed by atoms with Crippen molar-refractivity contribution in [3.8, 4) is 11.5 Å². The van der Waals surface area contributed by atoms with E-state index in [0.717, 1.165) is 37.8 Å². The number of hydrogen-bond acceptors (Lipinski definition) is 4. The zero-order valence-corrected chi connectivity index (χ0v) is 15.9. The van der Waals surface area contributed by atoms with Crippen molar-refractivity contribution in [2.45, 2.75) is 32.6 Å². The number of aliphatic imine (C=N–C) groups is 1. The van der Waals surface area contributed by atoms with Crippen molar-refractivity contribution in [1.29, 1.82) is 0 Å². The molecule has 0 aromatic heterocycles. The minimum Gasteiger partial charge on any atom is -0.493 e. The molecule has 1 fully saturated rings. The van der Waals surface area contributed by atoms with Crippen molar-refractivity contribution < 1.29 is 14.2 Å². The van der Waals surface area contributed by atoms with Gasteiger partial charge in [0.15, 0.2) is 17.5 Å². The van der Waals surface area contributed by atoms with Crippen LogP contribution in [0.3, 0.4) is 0 Å². The molecule has 25 heavy (non-hydrogen) atoms. The molecule has 0 amide bonds. The standard InChI is InChI=1S/C19H31N3O3/c1-5-20-18(21-14-19(9-6-10-19)11-12-23-2)22-15-7-8-16(24-3)17(13-15)25-4/h7-8,13H,5-6,9-12,14H2,1-4H3,(H2,20,21,22). The van der Waals surface area contributed by atoms with E-state index in [-0.39, 0.29) is 0 Å². The summed E-state index contributed by atoms with van der Waals surface area (Å²) in [7, 11) is 5.03. The molecular weight excluding hydrogens is 318 g/mol. The Morgan fingerprint density at radius 2 is 1.92 bits per heavy atom. The van der Waals surface area contributed by atoms with E-state index in [1.807, 2.05) is 18.2 Å². The molecule has 2 N–H and O–H groups in total. The molecule has 0 saturated heterocycles. The molecular formula is C19H31N3O3. The van der Waals surface area contributed by atoms with Crippen molar-refractivity contribution in [3.05, 3.63) is 18.2 Å². The maximum atomic E-state index is 5.36. The average molecular weight is 349 g/mol. The minimum atomic E-state index is 0.302. The highest BCUT2D eigenvalue weighted by Crippen LogP contribution is 2.44. The van der Waals surface area contributed by atoms with Crippen LogP contribution in [0.15, 0.2) is 23.2 Å². The van der Waals surface area contributed by atoms with Crippen LogP contribution < -0.4 is 20.1 Å². The van der Waals surface area contributed by atoms with E-state index in [4.69, 9.17) is 19.2 Å². The highest BCUT2D eigenvalue weighted by atomic mass is 16.5. The quantitative estimate of drug-likeness (QED) is 0.529. The SMILES string of the molecule is CCNC(=NCC1(CCOC)CCC1)Nc1ccc(OC)c(OC)c1. The van der Waals surface area contributed by atoms with Crippen LogP contribution in [0.2, 0.25) is 0 Å². The fourth-order valence-electron chi connectivity index (χ4n) is 3.09. The first-order valence-electron chi connectivity index (χ1n) is 8.92. The van der Waals surface area contributed by atoms with Gasteiger partial charge in [0.05, 0.1) is 14.2 Å². The molecule has 1 saturated carbocycles. The van der Waals surface area contributed by atoms with Crippen molar-refractivity contribution in [2.75, 3.05) is 46.3 Å². The number of ether oxygens (including phenoxy) is 3. The Bertz CT molecular complexity index is 571. The Hall–Kier alpha value is -1.95. The van der Waals surface area contributed by atoms with E-state index >= 15 is 0 Å². The second kappa shape index (κ2) is 9.51. The monoisotopic (exact) mass is 349 g/mol. The molecule has 1 aliphatic rings. The summed E-state index contributed by atoms with van der Waals surface area (Å²) in [6, 6.07) is 5.75. The number of methoxy groups -OCH3 is 3. The van der Waals surface area contributed by atoms with Gasteiger partial charge in [-0.05, 0) is 43.7 Å². The maximum absolute atomic E-state index is 5.36. The lowest BCUT2D eigenvalue weighted by Crippen LogP contribution is -2.37. The van der Waals surface area contributed by atoms with Gasteiger partial charge < -0.3 is 24.8 Å². The summed E-state index contributed by atoms with van der Waals surface area (Å²) in [4.78, 5) is 4.82. The molecule has 0 aliphatic heterocycles. The second-order valence-corrected chi connectivity index (χ2v) is 6.49. The minimum absolute atomic E-state index is 0.302. The molecule has 0 heterocycles. The van der Waals surface area contributed by atoms with Crippen molar-refractivity contribution in [1.82, 2.24) is 5.32 Å². The first-order valence-corrected chi connectivity index (χ1v) is 8.92. The number of nitrogens with zero attached hydrogens (tertiary/aromatic N) is 1. The molecule has 1 aromatic carbocycles. The van der Waals surface area contributed by atoms with Crippen LogP contribution in [0.25, 0.3) is 0 Å². The zero-order chi connectivity index (χ0) is 18.1. The van der Waals surface area contributed by atoms with Crippen LogP contribution in [0.4, 0.5) is 5.69 Å². The molecule has 1 aromatic rings. The number of rotatable bonds is 9. The molecule has 2 rings (SSSR count). The predicted molar refractivity (Wildman–Crippen MR) is 102 cm³/mol. The van der Waals surface area contributed by atoms with Gasteiger partial charge in [-0.1, -0.05) is 6.42 Å². The van der Waals surface area contributed by atoms with E-state index in [0.29, 0.717) is 16.9 Å². The third-order valence-corrected chi connectivity index (χ3v) is 4.81. The van der Waals surface area contributed by atoms with Crippen LogP contribution in [-0.4, -0.2) is 47.0 Å². The maximum Gasteiger partial charge on any atom is 0.195 e. The van der Waals surface area contributed by atoms with Gasteiger partial charge in [-0.2, -0.15) is 0 Å². The van der Waals surface area contributed by atoms with Gasteiger partial charge in [-0.25, -0.2) is 0 Å². The Morgan fingerprint density at radius 3 is 2.48 bits per heavy atom. The third-order valence-electron chi connectivity index (χ3n) is 4.81. The van der Waals surface area contributed by atoms with Crippen molar-refractivity contribution in [2.24, 2.45) is 10.4 Å². The van der Waals surface area contributed by atoms with Gasteiger partial charge in [-0.15, -0.1) is 0 Å². The molecule has 0 unspecified atom stereocenters. The molecule has 6 nitrogen and oxygen atoms in total. The number of benzene rings is 1. The first-order chi connectivity index (χ1) is 12.2. The molecule has 0 bridgehead atoms. The van der Waals surface area contributed by atoms with Crippen molar-refractivity contribution in [3.63, 3.8) is 0 Å². The van der Waals surface area contributed by atoms with E-state index in [1.54, 1.807) is 21.3 Å². The molecule has 140 valence electrons. The fourth-order valence-corrected chi connectivity index (χ4v) is 3.09. The summed E-state index contributed by atoms with van der Waals surface area (Å²) in [6.07, 6.45) is 4.83. The highest BCUT2D eigenvalue weighted by Gasteiger charge is 2.36. The summed E-state index contributed by atoms with van der Waals surface area (Å²) in [5, 5.41) is 6.66. The number of guanidine groups is 1. The van der Waals surface area contributed by atoms with Gasteiger partial charge in [0.2, 0.25) is 0 Å². The summed E-state index contributed by atoms with van der Waals surface area (Å²) >= 11 is 0. The second-order valence-electron chi connectivity index (χ2n) is 6.49. The van der Waals surface area contributed by atoms with E-state index in [1.165, 1.54) is 19.3 Å². The van der Waals surface area contributed by atoms with E-state index in [9.17, 15) is 0 Å². The lowest BCUT2D eigenvalue weighted by molar-refractivity contribution is 0.0779. The number of nitrogens with one attached hydrogen (secondary N) is 2. The summed E-state index contributed by atoms with van der Waals surface area (Å²) in [5.74, 6) is 2.19. The Balaban J connectivity index is 2.07. The lowest BCUT2D eigenvalue weighted by atomic mass is 9.67. The summed E-state index contributed by atoms with van der Waals surface area (Å²) in [5.41, 5.74) is 1.22. The van der Waals surface area contributed by atoms with E-state index in [2.05, 4.69) is 17.6 Å². The molecule has 0 radical (unpaired) electrons. The van der Waals surface area contributed by atoms with Crippen LogP contribution in [0.5, 0.6) is 11.5 Å². The summed E-state index contributed by atoms with van der Waals surface area (Å²) in [6.45, 7) is 4.49. The van der Waals surface area contributed by atoms with Crippen LogP contribution in [-0.2, 0) is 4.74 Å². The van der Waals surface area contributed by atoms with Crippen molar-refractivity contribution >= 4 is 11.6 Å². The van der Waals surface area contributed by atoms with Gasteiger partial charge in [0, 0.05) is 38.6 Å². The van der Waals surface area contributed by atoms with E-state index < -0.39 is 0 Å². The third kappa shape index (κ3) is 5.26. The number of hydrogen-bond donors (Lipinski definition) is 2. The van der Waals surface area contributed by atoms with Gasteiger partial charge >= 0.3 is 0 Å². The zero-order valence-electron chi connectivity index (χ0n) is 15.9. The highest BCUT2D eigenvalue weighted by molar-refractivity contribution is 5.93. The normalized spacial score (nSPS) is 16.1. The van der Waals surface area contributed by atoms with Crippen LogP contribution >= 0.6 is 0 Å². The van der Waals surface area contributed by atoms with Crippen LogP contribution in [0.1, 0.15) is 32.6 Å². The largest absolute Gasteiger partial charge is 0.493 e. The smallest absolute Gasteiger partial charge is 0.195 e. The predicted octanol–water partition coefficient (Wildman–Crippen LogP) is 3.29. The average Bonchev–Trinajstić information content (AvgIpc) is 2.60. The molecule has 6 heteroatoms. The Kier molecular flexibility index (Phi) is 7.37. The topological polar surface area (TPSA) is 64.1 Å². The Labute approximate surface area is 151 Å². The Morgan fingerprint density at radius 1 is 1.16 bits per heavy atom. The summed E-state index contributed by atoms with van der Waals surface area (Å²) < 4.78 is 15.9. The van der Waals surface area contributed by atoms with Gasteiger partial charge in [-0.3, -0.25) is 4.99 Å². The van der Waals surface area contributed by atoms with Crippen LogP contribution in [0, 0.1) is 5.41 Å². The van der Waals surface area contributed by atoms with Gasteiger partial charge in [0.25, 0.3) is 0 Å². The molecule has 1 aliphatic carbocycles. The number of anilines is 1. The molecule has 0 spiro atoms. The van der Waals surface area contributed by atoms with Gasteiger partial charge in [0.1, 0.15) is 0 Å².